The van der Waals surface area contributed by atoms with E-state index in [1.54, 1.807) is 36.4 Å². The molecule has 1 aliphatic rings. The van der Waals surface area contributed by atoms with Crippen LogP contribution in [0.25, 0.3) is 0 Å². The van der Waals surface area contributed by atoms with E-state index in [1.807, 2.05) is 49.1 Å². The zero-order valence-corrected chi connectivity index (χ0v) is 18.8. The van der Waals surface area contributed by atoms with Crippen LogP contribution in [-0.4, -0.2) is 32.4 Å². The van der Waals surface area contributed by atoms with E-state index in [-0.39, 0.29) is 35.3 Å². The standard InChI is InChI=1S/C25H25NO5S/c1-18-8-14-23(15-9-18)32(28,29)31-22-12-10-21(11-13-22)24-16-26(25(27)17-30-24)19(2)20-6-4-3-5-7-20/h3-15,19,24H,16-17H2,1-2H3/t19?,24-/m1/s1. The van der Waals surface area contributed by atoms with Crippen molar-refractivity contribution in [3.63, 3.8) is 0 Å². The van der Waals surface area contributed by atoms with E-state index in [4.69, 9.17) is 8.92 Å². The second kappa shape index (κ2) is 9.14. The maximum atomic E-state index is 12.5. The van der Waals surface area contributed by atoms with E-state index in [0.29, 0.717) is 6.54 Å². The molecule has 1 unspecified atom stereocenters. The van der Waals surface area contributed by atoms with Crippen LogP contribution in [0.4, 0.5) is 0 Å². The highest BCUT2D eigenvalue weighted by molar-refractivity contribution is 7.87. The Labute approximate surface area is 188 Å². The van der Waals surface area contributed by atoms with Gasteiger partial charge in [0.1, 0.15) is 23.4 Å². The molecule has 2 atom stereocenters. The van der Waals surface area contributed by atoms with Gasteiger partial charge in [-0.3, -0.25) is 4.79 Å². The van der Waals surface area contributed by atoms with E-state index in [2.05, 4.69) is 0 Å². The molecule has 1 fully saturated rings. The van der Waals surface area contributed by atoms with Crippen molar-refractivity contribution in [2.75, 3.05) is 13.2 Å². The lowest BCUT2D eigenvalue weighted by Crippen LogP contribution is -2.44. The molecule has 1 aliphatic heterocycles. The first-order valence-electron chi connectivity index (χ1n) is 10.4. The molecule has 1 amide bonds. The molecule has 3 aromatic rings. The summed E-state index contributed by atoms with van der Waals surface area (Å²) in [7, 11) is -3.91. The first-order valence-corrected chi connectivity index (χ1v) is 11.8. The Morgan fingerprint density at radius 3 is 2.28 bits per heavy atom. The van der Waals surface area contributed by atoms with Crippen LogP contribution in [0.1, 0.15) is 35.8 Å². The van der Waals surface area contributed by atoms with E-state index in [0.717, 1.165) is 16.7 Å². The van der Waals surface area contributed by atoms with Gasteiger partial charge in [-0.15, -0.1) is 0 Å². The molecule has 7 heteroatoms. The summed E-state index contributed by atoms with van der Waals surface area (Å²) in [5.74, 6) is 0.164. The number of ether oxygens (including phenoxy) is 1. The van der Waals surface area contributed by atoms with Crippen molar-refractivity contribution in [1.82, 2.24) is 4.90 Å². The third kappa shape index (κ3) is 4.84. The number of aryl methyl sites for hydroxylation is 1. The van der Waals surface area contributed by atoms with Gasteiger partial charge in [0.05, 0.1) is 12.6 Å². The number of morpholine rings is 1. The van der Waals surface area contributed by atoms with Gasteiger partial charge in [0.15, 0.2) is 0 Å². The average molecular weight is 452 g/mol. The molecular weight excluding hydrogens is 426 g/mol. The largest absolute Gasteiger partial charge is 0.379 e. The molecule has 0 N–H and O–H groups in total. The second-order valence-electron chi connectivity index (χ2n) is 7.85. The van der Waals surface area contributed by atoms with Crippen molar-refractivity contribution < 1.29 is 22.1 Å². The Hall–Kier alpha value is -3.16. The van der Waals surface area contributed by atoms with E-state index in [1.165, 1.54) is 12.1 Å². The lowest BCUT2D eigenvalue weighted by atomic mass is 10.0. The molecule has 32 heavy (non-hydrogen) atoms. The van der Waals surface area contributed by atoms with E-state index in [9.17, 15) is 13.2 Å². The van der Waals surface area contributed by atoms with Gasteiger partial charge in [-0.2, -0.15) is 8.42 Å². The Kier molecular flexibility index (Phi) is 6.30. The summed E-state index contributed by atoms with van der Waals surface area (Å²) in [5, 5.41) is 0. The van der Waals surface area contributed by atoms with Gasteiger partial charge in [-0.05, 0) is 49.2 Å². The van der Waals surface area contributed by atoms with Crippen molar-refractivity contribution in [2.45, 2.75) is 30.9 Å². The van der Waals surface area contributed by atoms with Gasteiger partial charge in [0.2, 0.25) is 5.91 Å². The Bertz CT molecular complexity index is 1180. The highest BCUT2D eigenvalue weighted by Gasteiger charge is 2.31. The third-order valence-electron chi connectivity index (χ3n) is 5.61. The summed E-state index contributed by atoms with van der Waals surface area (Å²) in [6.45, 7) is 4.31. The number of amides is 1. The summed E-state index contributed by atoms with van der Waals surface area (Å²) in [6.07, 6.45) is -0.304. The number of hydrogen-bond acceptors (Lipinski definition) is 5. The summed E-state index contributed by atoms with van der Waals surface area (Å²) in [5.41, 5.74) is 2.88. The van der Waals surface area contributed by atoms with Crippen LogP contribution >= 0.6 is 0 Å². The van der Waals surface area contributed by atoms with Crippen molar-refractivity contribution >= 4 is 16.0 Å². The highest BCUT2D eigenvalue weighted by atomic mass is 32.2. The molecule has 1 saturated heterocycles. The van der Waals surface area contributed by atoms with Crippen LogP contribution in [0, 0.1) is 6.92 Å². The molecule has 6 nitrogen and oxygen atoms in total. The topological polar surface area (TPSA) is 72.9 Å². The number of carbonyl (C=O) groups excluding carboxylic acids is 1. The van der Waals surface area contributed by atoms with Crippen LogP contribution in [-0.2, 0) is 19.6 Å². The number of nitrogens with zero attached hydrogens (tertiary/aromatic N) is 1. The molecule has 3 aromatic carbocycles. The number of benzene rings is 3. The lowest BCUT2D eigenvalue weighted by molar-refractivity contribution is -0.152. The van der Waals surface area contributed by atoms with Crippen molar-refractivity contribution in [1.29, 1.82) is 0 Å². The quantitative estimate of drug-likeness (QED) is 0.519. The van der Waals surface area contributed by atoms with Gasteiger partial charge in [0.25, 0.3) is 0 Å². The molecule has 0 aliphatic carbocycles. The van der Waals surface area contributed by atoms with Crippen molar-refractivity contribution in [3.05, 3.63) is 95.6 Å². The van der Waals surface area contributed by atoms with Gasteiger partial charge in [0, 0.05) is 0 Å². The zero-order valence-electron chi connectivity index (χ0n) is 18.0. The minimum absolute atomic E-state index is 0.00188. The van der Waals surface area contributed by atoms with Crippen LogP contribution < -0.4 is 4.18 Å². The smallest absolute Gasteiger partial charge is 0.339 e. The summed E-state index contributed by atoms with van der Waals surface area (Å²) in [4.78, 5) is 14.4. The Morgan fingerprint density at radius 1 is 0.969 bits per heavy atom. The SMILES string of the molecule is Cc1ccc(S(=O)(=O)Oc2ccc([C@H]3CN(C(C)c4ccccc4)C(=O)CO3)cc2)cc1. The molecule has 1 heterocycles. The van der Waals surface area contributed by atoms with Crippen LogP contribution in [0.2, 0.25) is 0 Å². The first kappa shape index (κ1) is 22.0. The summed E-state index contributed by atoms with van der Waals surface area (Å²) in [6, 6.07) is 23.0. The maximum Gasteiger partial charge on any atom is 0.339 e. The fraction of sp³-hybridized carbons (Fsp3) is 0.240. The summed E-state index contributed by atoms with van der Waals surface area (Å²) < 4.78 is 36.0. The second-order valence-corrected chi connectivity index (χ2v) is 9.40. The van der Waals surface area contributed by atoms with Crippen LogP contribution in [0.3, 0.4) is 0 Å². The summed E-state index contributed by atoms with van der Waals surface area (Å²) >= 11 is 0. The molecule has 0 radical (unpaired) electrons. The van der Waals surface area contributed by atoms with Crippen molar-refractivity contribution in [2.24, 2.45) is 0 Å². The Morgan fingerprint density at radius 2 is 1.62 bits per heavy atom. The van der Waals surface area contributed by atoms with E-state index < -0.39 is 10.1 Å². The zero-order chi connectivity index (χ0) is 22.7. The molecule has 0 saturated carbocycles. The average Bonchev–Trinajstić information content (AvgIpc) is 2.80. The van der Waals surface area contributed by atoms with Crippen LogP contribution in [0.5, 0.6) is 5.75 Å². The fourth-order valence-electron chi connectivity index (χ4n) is 3.69. The van der Waals surface area contributed by atoms with Crippen molar-refractivity contribution in [3.8, 4) is 5.75 Å². The normalized spacial score (nSPS) is 17.8. The van der Waals surface area contributed by atoms with Gasteiger partial charge in [-0.1, -0.05) is 60.2 Å². The molecule has 166 valence electrons. The predicted molar refractivity (Wildman–Crippen MR) is 121 cm³/mol. The minimum Gasteiger partial charge on any atom is -0.379 e. The Balaban J connectivity index is 1.46. The van der Waals surface area contributed by atoms with Gasteiger partial charge in [-0.25, -0.2) is 0 Å². The van der Waals surface area contributed by atoms with Crippen LogP contribution in [0.15, 0.2) is 83.8 Å². The van der Waals surface area contributed by atoms with Gasteiger partial charge >= 0.3 is 10.1 Å². The van der Waals surface area contributed by atoms with E-state index >= 15 is 0 Å². The predicted octanol–water partition coefficient (Wildman–Crippen LogP) is 4.42. The monoisotopic (exact) mass is 451 g/mol. The first-order chi connectivity index (χ1) is 15.3. The molecule has 4 rings (SSSR count). The fourth-order valence-corrected chi connectivity index (χ4v) is 4.62. The highest BCUT2D eigenvalue weighted by Crippen LogP contribution is 2.30. The number of hydrogen-bond donors (Lipinski definition) is 0. The molecular formula is C25H25NO5S. The van der Waals surface area contributed by atoms with Gasteiger partial charge < -0.3 is 13.8 Å². The minimum atomic E-state index is -3.91. The third-order valence-corrected chi connectivity index (χ3v) is 6.87. The maximum absolute atomic E-state index is 12.5. The molecule has 0 spiro atoms. The molecule has 0 bridgehead atoms. The lowest BCUT2D eigenvalue weighted by Gasteiger charge is -2.37. The number of rotatable bonds is 6. The number of carbonyl (C=O) groups is 1. The molecule has 0 aromatic heterocycles.